The maximum Gasteiger partial charge on any atom is 0.337 e. The number of fused-ring (bicyclic) bond motifs is 1. The van der Waals surface area contributed by atoms with E-state index >= 15 is 0 Å². The number of benzene rings is 1. The van der Waals surface area contributed by atoms with Crippen LogP contribution in [0.3, 0.4) is 0 Å². The minimum Gasteiger partial charge on any atom is -0.497 e. The molecule has 158 valence electrons. The number of aromatic nitrogens is 4. The van der Waals surface area contributed by atoms with Gasteiger partial charge in [0.25, 0.3) is 5.56 Å². The van der Waals surface area contributed by atoms with E-state index in [1.54, 1.807) is 35.9 Å². The van der Waals surface area contributed by atoms with E-state index in [2.05, 4.69) is 4.98 Å². The summed E-state index contributed by atoms with van der Waals surface area (Å²) in [5.74, 6) is 0.906. The zero-order chi connectivity index (χ0) is 21.6. The second-order valence-electron chi connectivity index (χ2n) is 8.90. The summed E-state index contributed by atoms with van der Waals surface area (Å²) >= 11 is 0. The van der Waals surface area contributed by atoms with Gasteiger partial charge in [-0.2, -0.15) is 0 Å². The van der Waals surface area contributed by atoms with Crippen LogP contribution in [0, 0.1) is 11.3 Å². The number of methoxy groups -OCH3 is 1. The van der Waals surface area contributed by atoms with Crippen LogP contribution in [0.4, 0.5) is 0 Å². The Hall–Kier alpha value is -3.16. The summed E-state index contributed by atoms with van der Waals surface area (Å²) in [6, 6.07) is 7.07. The molecule has 4 rings (SSSR count). The number of imidazole rings is 1. The average Bonchev–Trinajstić information content (AvgIpc) is 3.43. The predicted octanol–water partition coefficient (Wildman–Crippen LogP) is 2.38. The highest BCUT2D eigenvalue weighted by Gasteiger charge is 2.28. The maximum atomic E-state index is 13.3. The van der Waals surface area contributed by atoms with Gasteiger partial charge in [-0.25, -0.2) is 14.3 Å². The van der Waals surface area contributed by atoms with Gasteiger partial charge >= 0.3 is 5.69 Å². The van der Waals surface area contributed by atoms with E-state index in [-0.39, 0.29) is 23.5 Å². The molecule has 0 atom stereocenters. The van der Waals surface area contributed by atoms with Crippen molar-refractivity contribution in [3.05, 3.63) is 51.4 Å². The van der Waals surface area contributed by atoms with Crippen molar-refractivity contribution in [2.45, 2.75) is 46.7 Å². The zero-order valence-corrected chi connectivity index (χ0v) is 17.7. The predicted molar refractivity (Wildman–Crippen MR) is 113 cm³/mol. The van der Waals surface area contributed by atoms with Crippen molar-refractivity contribution in [3.63, 3.8) is 0 Å². The Bertz CT molecular complexity index is 1240. The van der Waals surface area contributed by atoms with Crippen LogP contribution in [0.5, 0.6) is 5.75 Å². The molecular weight excluding hydrogens is 384 g/mol. The number of ketones is 1. The molecule has 1 aliphatic carbocycles. The van der Waals surface area contributed by atoms with Crippen LogP contribution in [-0.4, -0.2) is 31.6 Å². The molecule has 2 heterocycles. The van der Waals surface area contributed by atoms with Gasteiger partial charge in [0.2, 0.25) is 0 Å². The molecule has 0 bridgehead atoms. The van der Waals surface area contributed by atoms with E-state index in [1.807, 2.05) is 20.8 Å². The van der Waals surface area contributed by atoms with E-state index in [1.165, 1.54) is 15.5 Å². The number of Topliss-reactive ketones (excluding diaryl/α,β-unsaturated/α-hetero) is 1. The smallest absolute Gasteiger partial charge is 0.337 e. The van der Waals surface area contributed by atoms with Crippen LogP contribution in [0.2, 0.25) is 0 Å². The van der Waals surface area contributed by atoms with Crippen LogP contribution < -0.4 is 16.0 Å². The molecule has 30 heavy (non-hydrogen) atoms. The molecule has 0 aliphatic heterocycles. The summed E-state index contributed by atoms with van der Waals surface area (Å²) in [6.45, 7) is 5.91. The van der Waals surface area contributed by atoms with Crippen molar-refractivity contribution >= 4 is 16.9 Å². The normalized spacial score (nSPS) is 14.3. The van der Waals surface area contributed by atoms with E-state index in [0.717, 1.165) is 12.8 Å². The molecular formula is C22H26N4O4. The first-order chi connectivity index (χ1) is 14.2. The molecule has 0 unspecified atom stereocenters. The lowest BCUT2D eigenvalue weighted by Gasteiger charge is -2.17. The summed E-state index contributed by atoms with van der Waals surface area (Å²) < 4.78 is 9.57. The highest BCUT2D eigenvalue weighted by atomic mass is 16.5. The molecule has 8 heteroatoms. The average molecular weight is 410 g/mol. The molecule has 1 saturated carbocycles. The third kappa shape index (κ3) is 3.58. The van der Waals surface area contributed by atoms with Gasteiger partial charge in [-0.15, -0.1) is 0 Å². The Balaban J connectivity index is 1.97. The molecule has 0 saturated heterocycles. The van der Waals surface area contributed by atoms with Gasteiger partial charge in [0, 0.05) is 18.0 Å². The molecule has 3 aromatic rings. The van der Waals surface area contributed by atoms with Crippen LogP contribution in [0.1, 0.15) is 33.6 Å². The summed E-state index contributed by atoms with van der Waals surface area (Å²) in [6.07, 6.45) is 3.48. The number of hydrogen-bond acceptors (Lipinski definition) is 5. The van der Waals surface area contributed by atoms with Crippen molar-refractivity contribution in [2.75, 3.05) is 7.11 Å². The molecule has 0 spiro atoms. The van der Waals surface area contributed by atoms with Crippen LogP contribution >= 0.6 is 0 Å². The van der Waals surface area contributed by atoms with Crippen molar-refractivity contribution in [2.24, 2.45) is 11.3 Å². The van der Waals surface area contributed by atoms with Crippen molar-refractivity contribution < 1.29 is 9.53 Å². The molecule has 0 amide bonds. The van der Waals surface area contributed by atoms with Crippen molar-refractivity contribution in [3.8, 4) is 11.4 Å². The molecule has 1 aliphatic rings. The molecule has 2 aromatic heterocycles. The standard InChI is InChI=1S/C22H26N4O4/c1-22(2,3)17(27)12-24-13-23-19-18(24)20(28)25(11-14-8-9-14)21(29)26(19)15-6-5-7-16(10-15)30-4/h5-7,10,13-14H,8-9,11-12H2,1-4H3. The van der Waals surface area contributed by atoms with Gasteiger partial charge in [0.05, 0.1) is 25.7 Å². The molecule has 8 nitrogen and oxygen atoms in total. The van der Waals surface area contributed by atoms with Gasteiger partial charge < -0.3 is 9.30 Å². The van der Waals surface area contributed by atoms with E-state index < -0.39 is 16.7 Å². The van der Waals surface area contributed by atoms with E-state index in [4.69, 9.17) is 4.74 Å². The first-order valence-corrected chi connectivity index (χ1v) is 10.1. The number of rotatable bonds is 6. The Morgan fingerprint density at radius 1 is 1.23 bits per heavy atom. The molecule has 1 fully saturated rings. The number of ether oxygens (including phenoxy) is 1. The highest BCUT2D eigenvalue weighted by Crippen LogP contribution is 2.30. The largest absolute Gasteiger partial charge is 0.497 e. The lowest BCUT2D eigenvalue weighted by atomic mass is 9.91. The Labute approximate surface area is 173 Å². The van der Waals surface area contributed by atoms with Gasteiger partial charge in [0.15, 0.2) is 16.9 Å². The SMILES string of the molecule is COc1cccc(-n2c(=O)n(CC3CC3)c(=O)c3c2ncn3CC(=O)C(C)(C)C)c1. The van der Waals surface area contributed by atoms with Crippen LogP contribution in [0.15, 0.2) is 40.2 Å². The van der Waals surface area contributed by atoms with Crippen molar-refractivity contribution in [1.82, 2.24) is 18.7 Å². The monoisotopic (exact) mass is 410 g/mol. The Morgan fingerprint density at radius 2 is 1.97 bits per heavy atom. The first-order valence-electron chi connectivity index (χ1n) is 10.1. The second kappa shape index (κ2) is 7.27. The number of hydrogen-bond donors (Lipinski definition) is 0. The van der Waals surface area contributed by atoms with Gasteiger partial charge in [0.1, 0.15) is 5.75 Å². The van der Waals surface area contributed by atoms with Crippen LogP contribution in [0.25, 0.3) is 16.9 Å². The number of carbonyl (C=O) groups is 1. The molecule has 0 N–H and O–H groups in total. The number of carbonyl (C=O) groups excluding carboxylic acids is 1. The topological polar surface area (TPSA) is 88.1 Å². The Kier molecular flexibility index (Phi) is 4.88. The van der Waals surface area contributed by atoms with E-state index in [0.29, 0.717) is 23.9 Å². The van der Waals surface area contributed by atoms with Gasteiger partial charge in [-0.3, -0.25) is 14.2 Å². The van der Waals surface area contributed by atoms with Crippen molar-refractivity contribution in [1.29, 1.82) is 0 Å². The van der Waals surface area contributed by atoms with E-state index in [9.17, 15) is 14.4 Å². The fourth-order valence-corrected chi connectivity index (χ4v) is 3.39. The fourth-order valence-electron chi connectivity index (χ4n) is 3.39. The van der Waals surface area contributed by atoms with Gasteiger partial charge in [-0.05, 0) is 30.9 Å². The Morgan fingerprint density at radius 3 is 2.60 bits per heavy atom. The third-order valence-corrected chi connectivity index (χ3v) is 5.50. The second-order valence-corrected chi connectivity index (χ2v) is 8.90. The summed E-state index contributed by atoms with van der Waals surface area (Å²) in [5.41, 5.74) is -0.325. The van der Waals surface area contributed by atoms with Crippen LogP contribution in [-0.2, 0) is 17.9 Å². The zero-order valence-electron chi connectivity index (χ0n) is 17.7. The first kappa shape index (κ1) is 20.1. The fraction of sp³-hybridized carbons (Fsp3) is 0.455. The maximum absolute atomic E-state index is 13.3. The minimum atomic E-state index is -0.551. The minimum absolute atomic E-state index is 0.0194. The highest BCUT2D eigenvalue weighted by molar-refractivity contribution is 5.85. The molecule has 1 aromatic carbocycles. The summed E-state index contributed by atoms with van der Waals surface area (Å²) in [5, 5.41) is 0. The summed E-state index contributed by atoms with van der Waals surface area (Å²) in [7, 11) is 1.55. The lowest BCUT2D eigenvalue weighted by molar-refractivity contribution is -0.126. The summed E-state index contributed by atoms with van der Waals surface area (Å²) in [4.78, 5) is 43.6. The van der Waals surface area contributed by atoms with Gasteiger partial charge in [-0.1, -0.05) is 26.8 Å². The quantitative estimate of drug-likeness (QED) is 0.623. The molecule has 0 radical (unpaired) electrons. The lowest BCUT2D eigenvalue weighted by Crippen LogP contribution is -2.40. The third-order valence-electron chi connectivity index (χ3n) is 5.50. The number of nitrogens with zero attached hydrogens (tertiary/aromatic N) is 4.